The predicted molar refractivity (Wildman–Crippen MR) is 80.3 cm³/mol. The Balaban J connectivity index is 2.24. The van der Waals surface area contributed by atoms with Crippen molar-refractivity contribution in [3.05, 3.63) is 27.8 Å². The molecule has 2 heterocycles. The summed E-state index contributed by atoms with van der Waals surface area (Å²) in [6, 6.07) is 0.181. The van der Waals surface area contributed by atoms with E-state index in [1.54, 1.807) is 0 Å². The summed E-state index contributed by atoms with van der Waals surface area (Å²) in [7, 11) is 1.99. The molecule has 0 saturated carbocycles. The number of aryl methyl sites for hydroxylation is 2. The van der Waals surface area contributed by atoms with Crippen LogP contribution in [0.1, 0.15) is 37.0 Å². The first kappa shape index (κ1) is 14.6. The van der Waals surface area contributed by atoms with Crippen molar-refractivity contribution in [3.8, 4) is 0 Å². The molecule has 0 fully saturated rings. The lowest BCUT2D eigenvalue weighted by atomic mass is 10.1. The molecule has 0 radical (unpaired) electrons. The third-order valence-electron chi connectivity index (χ3n) is 3.09. The number of nitrogens with zero attached hydrogens (tertiary/aromatic N) is 4. The van der Waals surface area contributed by atoms with Gasteiger partial charge in [0.25, 0.3) is 0 Å². The van der Waals surface area contributed by atoms with Crippen LogP contribution in [0.3, 0.4) is 0 Å². The molecule has 0 spiro atoms. The lowest BCUT2D eigenvalue weighted by Crippen LogP contribution is -2.24. The highest BCUT2D eigenvalue weighted by atomic mass is 79.9. The van der Waals surface area contributed by atoms with Gasteiger partial charge in [0.15, 0.2) is 0 Å². The van der Waals surface area contributed by atoms with Crippen molar-refractivity contribution in [2.45, 2.75) is 32.7 Å². The Morgan fingerprint density at radius 3 is 2.79 bits per heavy atom. The third-order valence-corrected chi connectivity index (χ3v) is 4.49. The van der Waals surface area contributed by atoms with Crippen LogP contribution in [-0.2, 0) is 19.9 Å². The Kier molecular flexibility index (Phi) is 5.06. The van der Waals surface area contributed by atoms with E-state index in [1.165, 1.54) is 17.4 Å². The molecule has 2 aromatic heterocycles. The Morgan fingerprint density at radius 1 is 1.47 bits per heavy atom. The average molecular weight is 344 g/mol. The fourth-order valence-electron chi connectivity index (χ4n) is 2.09. The van der Waals surface area contributed by atoms with Crippen molar-refractivity contribution in [2.75, 3.05) is 6.54 Å². The fourth-order valence-corrected chi connectivity index (χ4v) is 3.34. The maximum Gasteiger partial charge on any atom is 0.0916 e. The lowest BCUT2D eigenvalue weighted by molar-refractivity contribution is 0.519. The quantitative estimate of drug-likeness (QED) is 0.875. The molecule has 2 aromatic rings. The summed E-state index contributed by atoms with van der Waals surface area (Å²) in [5.41, 5.74) is 3.29. The number of hydrogen-bond acceptors (Lipinski definition) is 5. The van der Waals surface area contributed by atoms with E-state index in [-0.39, 0.29) is 6.04 Å². The van der Waals surface area contributed by atoms with Crippen molar-refractivity contribution in [2.24, 2.45) is 7.05 Å². The summed E-state index contributed by atoms with van der Waals surface area (Å²) in [5, 5.41) is 7.99. The van der Waals surface area contributed by atoms with Crippen LogP contribution in [0.5, 0.6) is 0 Å². The summed E-state index contributed by atoms with van der Waals surface area (Å²) >= 11 is 4.91. The van der Waals surface area contributed by atoms with Gasteiger partial charge in [-0.05, 0) is 28.9 Å². The van der Waals surface area contributed by atoms with Crippen molar-refractivity contribution in [3.63, 3.8) is 0 Å². The standard InChI is InChI=1S/C12H18BrN5S/c1-4-8-12(13)11(18(3)16-8)6-9(14-5-2)10-7-15-19-17-10/h7,9,14H,4-6H2,1-3H3. The molecule has 104 valence electrons. The van der Waals surface area contributed by atoms with Gasteiger partial charge in [-0.25, -0.2) is 0 Å². The zero-order valence-electron chi connectivity index (χ0n) is 11.4. The number of halogens is 1. The van der Waals surface area contributed by atoms with Crippen molar-refractivity contribution in [1.82, 2.24) is 23.8 Å². The minimum Gasteiger partial charge on any atom is -0.309 e. The van der Waals surface area contributed by atoms with E-state index in [0.717, 1.165) is 35.2 Å². The molecule has 0 aromatic carbocycles. The minimum absolute atomic E-state index is 0.181. The van der Waals surface area contributed by atoms with Crippen LogP contribution >= 0.6 is 27.7 Å². The molecule has 0 aliphatic carbocycles. The molecule has 5 nitrogen and oxygen atoms in total. The highest BCUT2D eigenvalue weighted by Gasteiger charge is 2.20. The van der Waals surface area contributed by atoms with Crippen LogP contribution in [0, 0.1) is 0 Å². The smallest absolute Gasteiger partial charge is 0.0916 e. The van der Waals surface area contributed by atoms with Crippen LogP contribution in [0.25, 0.3) is 0 Å². The Morgan fingerprint density at radius 2 is 2.26 bits per heavy atom. The first-order valence-corrected chi connectivity index (χ1v) is 7.90. The molecule has 1 unspecified atom stereocenters. The topological polar surface area (TPSA) is 55.6 Å². The van der Waals surface area contributed by atoms with E-state index in [0.29, 0.717) is 0 Å². The monoisotopic (exact) mass is 343 g/mol. The van der Waals surface area contributed by atoms with Crippen molar-refractivity contribution in [1.29, 1.82) is 0 Å². The maximum absolute atomic E-state index is 4.53. The molecule has 0 amide bonds. The molecule has 1 atom stereocenters. The number of aromatic nitrogens is 4. The molecular weight excluding hydrogens is 326 g/mol. The first-order chi connectivity index (χ1) is 9.17. The molecule has 0 aliphatic heterocycles. The fraction of sp³-hybridized carbons (Fsp3) is 0.583. The van der Waals surface area contributed by atoms with Crippen LogP contribution in [0.15, 0.2) is 10.7 Å². The normalized spacial score (nSPS) is 12.8. The highest BCUT2D eigenvalue weighted by Crippen LogP contribution is 2.26. The summed E-state index contributed by atoms with van der Waals surface area (Å²) in [4.78, 5) is 0. The van der Waals surface area contributed by atoms with Gasteiger partial charge in [0.05, 0.1) is 45.5 Å². The van der Waals surface area contributed by atoms with E-state index in [2.05, 4.69) is 48.9 Å². The van der Waals surface area contributed by atoms with Gasteiger partial charge < -0.3 is 5.32 Å². The zero-order chi connectivity index (χ0) is 13.8. The molecule has 0 bridgehead atoms. The number of nitrogens with one attached hydrogen (secondary N) is 1. The maximum atomic E-state index is 4.53. The van der Waals surface area contributed by atoms with Gasteiger partial charge in [-0.2, -0.15) is 13.8 Å². The second-order valence-electron chi connectivity index (χ2n) is 4.33. The van der Waals surface area contributed by atoms with Crippen LogP contribution in [0.4, 0.5) is 0 Å². The van der Waals surface area contributed by atoms with Gasteiger partial charge >= 0.3 is 0 Å². The van der Waals surface area contributed by atoms with E-state index < -0.39 is 0 Å². The molecular formula is C12H18BrN5S. The predicted octanol–water partition coefficient (Wildman–Crippen LogP) is 2.49. The Hall–Kier alpha value is -0.790. The molecule has 7 heteroatoms. The Bertz CT molecular complexity index is 522. The first-order valence-electron chi connectivity index (χ1n) is 6.38. The van der Waals surface area contributed by atoms with Crippen LogP contribution in [0.2, 0.25) is 0 Å². The van der Waals surface area contributed by atoms with Crippen LogP contribution < -0.4 is 5.32 Å². The highest BCUT2D eigenvalue weighted by molar-refractivity contribution is 9.10. The summed E-state index contributed by atoms with van der Waals surface area (Å²) in [6.45, 7) is 5.11. The number of hydrogen-bond donors (Lipinski definition) is 1. The molecule has 0 saturated heterocycles. The van der Waals surface area contributed by atoms with Gasteiger partial charge in [0.1, 0.15) is 0 Å². The zero-order valence-corrected chi connectivity index (χ0v) is 13.8. The molecule has 2 rings (SSSR count). The van der Waals surface area contributed by atoms with E-state index >= 15 is 0 Å². The van der Waals surface area contributed by atoms with Gasteiger partial charge in [-0.3, -0.25) is 4.68 Å². The van der Waals surface area contributed by atoms with Gasteiger partial charge in [0.2, 0.25) is 0 Å². The van der Waals surface area contributed by atoms with Gasteiger partial charge in [-0.1, -0.05) is 13.8 Å². The number of likely N-dealkylation sites (N-methyl/N-ethyl adjacent to an activating group) is 1. The average Bonchev–Trinajstić information content (AvgIpc) is 3.01. The van der Waals surface area contributed by atoms with E-state index in [1.807, 2.05) is 17.9 Å². The molecule has 19 heavy (non-hydrogen) atoms. The van der Waals surface area contributed by atoms with E-state index in [4.69, 9.17) is 0 Å². The van der Waals surface area contributed by atoms with Gasteiger partial charge in [-0.15, -0.1) is 0 Å². The summed E-state index contributed by atoms with van der Waals surface area (Å²) < 4.78 is 11.5. The summed E-state index contributed by atoms with van der Waals surface area (Å²) in [5.74, 6) is 0. The largest absolute Gasteiger partial charge is 0.309 e. The molecule has 0 aliphatic rings. The lowest BCUT2D eigenvalue weighted by Gasteiger charge is -2.15. The number of rotatable bonds is 6. The Labute approximate surface area is 125 Å². The SMILES string of the molecule is CCNC(Cc1c(Br)c(CC)nn1C)c1cnsn1. The van der Waals surface area contributed by atoms with Crippen molar-refractivity contribution < 1.29 is 0 Å². The molecule has 1 N–H and O–H groups in total. The second kappa shape index (κ2) is 6.58. The van der Waals surface area contributed by atoms with Crippen LogP contribution in [-0.4, -0.2) is 25.1 Å². The van der Waals surface area contributed by atoms with Gasteiger partial charge in [0, 0.05) is 13.5 Å². The van der Waals surface area contributed by atoms with Crippen molar-refractivity contribution >= 4 is 27.7 Å². The third kappa shape index (κ3) is 3.21. The summed E-state index contributed by atoms with van der Waals surface area (Å²) in [6.07, 6.45) is 3.62. The second-order valence-corrected chi connectivity index (χ2v) is 5.68. The van der Waals surface area contributed by atoms with E-state index in [9.17, 15) is 0 Å². The minimum atomic E-state index is 0.181.